The number of fused-ring (bicyclic) bond motifs is 1. The Morgan fingerprint density at radius 3 is 2.96 bits per heavy atom. The minimum absolute atomic E-state index is 0.0542. The van der Waals surface area contributed by atoms with Crippen LogP contribution in [0.4, 0.5) is 0 Å². The van der Waals surface area contributed by atoms with Crippen LogP contribution in [0.2, 0.25) is 0 Å². The molecule has 128 valence electrons. The van der Waals surface area contributed by atoms with Crippen LogP contribution >= 0.6 is 0 Å². The van der Waals surface area contributed by atoms with Crippen LogP contribution in [0.25, 0.3) is 0 Å². The maximum absolute atomic E-state index is 13.2. The van der Waals surface area contributed by atoms with Crippen LogP contribution < -0.4 is 4.74 Å². The number of nitrogens with zero attached hydrogens (tertiary/aromatic N) is 5. The second-order valence-electron chi connectivity index (χ2n) is 6.24. The number of hydrogen-bond donors (Lipinski definition) is 0. The third-order valence-corrected chi connectivity index (χ3v) is 4.28. The molecule has 3 heterocycles. The van der Waals surface area contributed by atoms with Crippen molar-refractivity contribution in [3.05, 3.63) is 41.9 Å². The predicted octanol–water partition coefficient (Wildman–Crippen LogP) is 1.26. The van der Waals surface area contributed by atoms with E-state index in [1.807, 2.05) is 29.7 Å². The van der Waals surface area contributed by atoms with Gasteiger partial charge in [-0.3, -0.25) is 9.48 Å². The minimum Gasteiger partial charge on any atom is -0.480 e. The summed E-state index contributed by atoms with van der Waals surface area (Å²) in [6.45, 7) is 2.16. The average Bonchev–Trinajstić information content (AvgIpc) is 2.96. The number of aromatic nitrogens is 3. The minimum atomic E-state index is -0.0542. The highest BCUT2D eigenvalue weighted by Crippen LogP contribution is 2.23. The molecule has 0 radical (unpaired) electrons. The van der Waals surface area contributed by atoms with Crippen molar-refractivity contribution in [2.45, 2.75) is 25.6 Å². The molecule has 0 fully saturated rings. The lowest BCUT2D eigenvalue weighted by atomic mass is 10.1. The molecule has 7 heteroatoms. The molecule has 0 unspecified atom stereocenters. The number of ether oxygens (including phenoxy) is 1. The fraction of sp³-hybridized carbons (Fsp3) is 0.471. The Morgan fingerprint density at radius 1 is 1.38 bits per heavy atom. The summed E-state index contributed by atoms with van der Waals surface area (Å²) in [4.78, 5) is 21.4. The van der Waals surface area contributed by atoms with Gasteiger partial charge in [-0.2, -0.15) is 5.10 Å². The van der Waals surface area contributed by atoms with Crippen molar-refractivity contribution in [3.8, 4) is 5.88 Å². The standard InChI is InChI=1S/C17H23N5O2/c1-20(2)11-13-7-10-22-14(6-9-19-22)12-21(13)17(23)15-5-4-8-18-16(15)24-3/h4-6,8-9,13H,7,10-12H2,1-3H3/t13-/m0/s1. The number of pyridine rings is 1. The molecule has 1 aliphatic heterocycles. The molecule has 0 bridgehead atoms. The van der Waals surface area contributed by atoms with Crippen molar-refractivity contribution >= 4 is 5.91 Å². The van der Waals surface area contributed by atoms with Gasteiger partial charge in [0, 0.05) is 31.5 Å². The number of amides is 1. The lowest BCUT2D eigenvalue weighted by molar-refractivity contribution is 0.0622. The molecular weight excluding hydrogens is 306 g/mol. The molecule has 24 heavy (non-hydrogen) atoms. The zero-order chi connectivity index (χ0) is 17.1. The van der Waals surface area contributed by atoms with Crippen molar-refractivity contribution < 1.29 is 9.53 Å². The first-order valence-corrected chi connectivity index (χ1v) is 8.05. The van der Waals surface area contributed by atoms with Gasteiger partial charge in [0.15, 0.2) is 0 Å². The Labute approximate surface area is 141 Å². The zero-order valence-corrected chi connectivity index (χ0v) is 14.3. The van der Waals surface area contributed by atoms with Crippen molar-refractivity contribution in [2.24, 2.45) is 0 Å². The number of aryl methyl sites for hydroxylation is 1. The Kier molecular flexibility index (Phi) is 4.80. The van der Waals surface area contributed by atoms with E-state index in [1.165, 1.54) is 7.11 Å². The summed E-state index contributed by atoms with van der Waals surface area (Å²) in [5, 5.41) is 4.36. The Hall–Kier alpha value is -2.41. The summed E-state index contributed by atoms with van der Waals surface area (Å²) in [6.07, 6.45) is 4.28. The fourth-order valence-corrected chi connectivity index (χ4v) is 3.15. The topological polar surface area (TPSA) is 63.5 Å². The van der Waals surface area contributed by atoms with E-state index in [4.69, 9.17) is 4.74 Å². The third-order valence-electron chi connectivity index (χ3n) is 4.28. The van der Waals surface area contributed by atoms with E-state index < -0.39 is 0 Å². The first kappa shape index (κ1) is 16.4. The van der Waals surface area contributed by atoms with Gasteiger partial charge in [0.05, 0.1) is 19.3 Å². The van der Waals surface area contributed by atoms with Crippen LogP contribution in [-0.2, 0) is 13.1 Å². The first-order valence-electron chi connectivity index (χ1n) is 8.05. The molecule has 0 spiro atoms. The number of carbonyl (C=O) groups is 1. The van der Waals surface area contributed by atoms with Crippen molar-refractivity contribution in [1.29, 1.82) is 0 Å². The number of hydrogen-bond acceptors (Lipinski definition) is 5. The third kappa shape index (κ3) is 3.26. The summed E-state index contributed by atoms with van der Waals surface area (Å²) in [5.41, 5.74) is 1.55. The van der Waals surface area contributed by atoms with E-state index in [0.29, 0.717) is 18.0 Å². The number of carbonyl (C=O) groups excluding carboxylic acids is 1. The number of likely N-dealkylation sites (N-methyl/N-ethyl adjacent to an activating group) is 1. The highest BCUT2D eigenvalue weighted by molar-refractivity contribution is 5.96. The van der Waals surface area contributed by atoms with Crippen LogP contribution in [0.5, 0.6) is 5.88 Å². The Morgan fingerprint density at radius 2 is 2.21 bits per heavy atom. The van der Waals surface area contributed by atoms with Gasteiger partial charge in [0.1, 0.15) is 5.56 Å². The quantitative estimate of drug-likeness (QED) is 0.845. The molecule has 1 amide bonds. The molecule has 2 aromatic rings. The summed E-state index contributed by atoms with van der Waals surface area (Å²) in [5.74, 6) is 0.310. The van der Waals surface area contributed by atoms with Crippen LogP contribution in [0, 0.1) is 0 Å². The van der Waals surface area contributed by atoms with Gasteiger partial charge in [-0.15, -0.1) is 0 Å². The van der Waals surface area contributed by atoms with E-state index in [-0.39, 0.29) is 11.9 Å². The number of methoxy groups -OCH3 is 1. The zero-order valence-electron chi connectivity index (χ0n) is 14.3. The van der Waals surface area contributed by atoms with Crippen molar-refractivity contribution in [2.75, 3.05) is 27.7 Å². The van der Waals surface area contributed by atoms with Gasteiger partial charge in [0.2, 0.25) is 5.88 Å². The molecule has 2 aromatic heterocycles. The largest absolute Gasteiger partial charge is 0.480 e. The van der Waals surface area contributed by atoms with E-state index in [2.05, 4.69) is 15.0 Å². The normalized spacial score (nSPS) is 17.5. The van der Waals surface area contributed by atoms with Crippen LogP contribution in [0.15, 0.2) is 30.6 Å². The van der Waals surface area contributed by atoms with E-state index >= 15 is 0 Å². The van der Waals surface area contributed by atoms with E-state index in [9.17, 15) is 4.79 Å². The highest BCUT2D eigenvalue weighted by Gasteiger charge is 2.30. The lowest BCUT2D eigenvalue weighted by Crippen LogP contribution is -2.44. The predicted molar refractivity (Wildman–Crippen MR) is 89.8 cm³/mol. The van der Waals surface area contributed by atoms with Crippen molar-refractivity contribution in [1.82, 2.24) is 24.6 Å². The van der Waals surface area contributed by atoms with E-state index in [0.717, 1.165) is 25.2 Å². The maximum Gasteiger partial charge on any atom is 0.259 e. The fourth-order valence-electron chi connectivity index (χ4n) is 3.15. The molecule has 0 N–H and O–H groups in total. The monoisotopic (exact) mass is 329 g/mol. The summed E-state index contributed by atoms with van der Waals surface area (Å²) < 4.78 is 7.26. The average molecular weight is 329 g/mol. The molecule has 1 aliphatic rings. The van der Waals surface area contributed by atoms with Gasteiger partial charge in [0.25, 0.3) is 5.91 Å². The molecular formula is C17H23N5O2. The Bertz CT molecular complexity index is 713. The molecule has 1 atom stereocenters. The summed E-state index contributed by atoms with van der Waals surface area (Å²) >= 11 is 0. The molecule has 0 aromatic carbocycles. The van der Waals surface area contributed by atoms with Crippen LogP contribution in [0.1, 0.15) is 22.5 Å². The van der Waals surface area contributed by atoms with Crippen LogP contribution in [-0.4, -0.2) is 64.3 Å². The lowest BCUT2D eigenvalue weighted by Gasteiger charge is -2.32. The summed E-state index contributed by atoms with van der Waals surface area (Å²) in [7, 11) is 5.58. The van der Waals surface area contributed by atoms with E-state index in [1.54, 1.807) is 24.5 Å². The van der Waals surface area contributed by atoms with Crippen molar-refractivity contribution in [3.63, 3.8) is 0 Å². The molecule has 3 rings (SSSR count). The van der Waals surface area contributed by atoms with Gasteiger partial charge in [-0.05, 0) is 38.7 Å². The Balaban J connectivity index is 1.94. The first-order chi connectivity index (χ1) is 11.6. The SMILES string of the molecule is COc1ncccc1C(=O)N1Cc2ccnn2CC[C@H]1CN(C)C. The molecule has 7 nitrogen and oxygen atoms in total. The van der Waals surface area contributed by atoms with Gasteiger partial charge in [-0.25, -0.2) is 4.98 Å². The maximum atomic E-state index is 13.2. The van der Waals surface area contributed by atoms with Crippen LogP contribution in [0.3, 0.4) is 0 Å². The molecule has 0 saturated carbocycles. The molecule has 0 saturated heterocycles. The van der Waals surface area contributed by atoms with Gasteiger partial charge >= 0.3 is 0 Å². The van der Waals surface area contributed by atoms with Gasteiger partial charge < -0.3 is 14.5 Å². The second kappa shape index (κ2) is 7.00. The highest BCUT2D eigenvalue weighted by atomic mass is 16.5. The number of rotatable bonds is 4. The molecule has 0 aliphatic carbocycles. The second-order valence-corrected chi connectivity index (χ2v) is 6.24. The summed E-state index contributed by atoms with van der Waals surface area (Å²) in [6, 6.07) is 5.61. The van der Waals surface area contributed by atoms with Gasteiger partial charge in [-0.1, -0.05) is 0 Å². The smallest absolute Gasteiger partial charge is 0.259 e.